The Balaban J connectivity index is 1.71. The molecule has 35 heavy (non-hydrogen) atoms. The van der Waals surface area contributed by atoms with Crippen molar-refractivity contribution in [3.05, 3.63) is 156 Å². The molecular weight excluding hydrogens is 430 g/mol. The molecule has 1 N–H and O–H groups in total. The van der Waals surface area contributed by atoms with Crippen LogP contribution >= 0.6 is 0 Å². The SMILES string of the molecule is OC/C=C/C(C(OCc1ccccc1)c1ccccc1)N(Cc1ccccc1)Cc1ccccc1. The second-order valence-corrected chi connectivity index (χ2v) is 8.61. The zero-order valence-corrected chi connectivity index (χ0v) is 20.0. The molecule has 0 saturated heterocycles. The summed E-state index contributed by atoms with van der Waals surface area (Å²) < 4.78 is 6.66. The summed E-state index contributed by atoms with van der Waals surface area (Å²) in [6, 6.07) is 41.6. The van der Waals surface area contributed by atoms with Crippen LogP contribution in [0.15, 0.2) is 133 Å². The molecule has 4 rings (SSSR count). The molecule has 2 atom stereocenters. The van der Waals surface area contributed by atoms with E-state index in [-0.39, 0.29) is 18.8 Å². The maximum Gasteiger partial charge on any atom is 0.102 e. The van der Waals surface area contributed by atoms with E-state index in [4.69, 9.17) is 4.74 Å². The molecule has 3 heteroatoms. The molecule has 0 saturated carbocycles. The van der Waals surface area contributed by atoms with Gasteiger partial charge in [0.05, 0.1) is 19.3 Å². The molecule has 0 bridgehead atoms. The lowest BCUT2D eigenvalue weighted by Gasteiger charge is -2.36. The zero-order chi connectivity index (χ0) is 24.1. The Morgan fingerprint density at radius 2 is 1.09 bits per heavy atom. The maximum absolute atomic E-state index is 9.69. The zero-order valence-electron chi connectivity index (χ0n) is 20.0. The predicted octanol–water partition coefficient (Wildman–Crippen LogP) is 6.56. The van der Waals surface area contributed by atoms with Crippen molar-refractivity contribution in [2.45, 2.75) is 31.8 Å². The fourth-order valence-corrected chi connectivity index (χ4v) is 4.31. The van der Waals surface area contributed by atoms with Crippen molar-refractivity contribution in [2.75, 3.05) is 6.61 Å². The summed E-state index contributed by atoms with van der Waals surface area (Å²) in [7, 11) is 0. The molecule has 0 aliphatic carbocycles. The second-order valence-electron chi connectivity index (χ2n) is 8.61. The average molecular weight is 464 g/mol. The van der Waals surface area contributed by atoms with Crippen LogP contribution in [0.1, 0.15) is 28.4 Å². The Labute approximate surface area is 209 Å². The van der Waals surface area contributed by atoms with Gasteiger partial charge in [0.1, 0.15) is 6.10 Å². The van der Waals surface area contributed by atoms with E-state index in [2.05, 4.69) is 95.9 Å². The lowest BCUT2D eigenvalue weighted by Crippen LogP contribution is -2.38. The fraction of sp³-hybridized carbons (Fsp3) is 0.188. The summed E-state index contributed by atoms with van der Waals surface area (Å²) in [6.07, 6.45) is 3.70. The number of aliphatic hydroxyl groups excluding tert-OH is 1. The first kappa shape index (κ1) is 24.6. The summed E-state index contributed by atoms with van der Waals surface area (Å²) in [5.41, 5.74) is 4.72. The van der Waals surface area contributed by atoms with E-state index in [0.717, 1.165) is 24.2 Å². The summed E-state index contributed by atoms with van der Waals surface area (Å²) in [5, 5.41) is 9.69. The monoisotopic (exact) mass is 463 g/mol. The molecule has 0 heterocycles. The van der Waals surface area contributed by atoms with Gasteiger partial charge in [-0.25, -0.2) is 0 Å². The smallest absolute Gasteiger partial charge is 0.102 e. The maximum atomic E-state index is 9.69. The number of ether oxygens (including phenoxy) is 1. The number of aliphatic hydroxyl groups is 1. The normalized spacial score (nSPS) is 13.2. The minimum absolute atomic E-state index is 0.0127. The van der Waals surface area contributed by atoms with E-state index in [0.29, 0.717) is 6.61 Å². The summed E-state index contributed by atoms with van der Waals surface area (Å²) in [4.78, 5) is 2.43. The quantitative estimate of drug-likeness (QED) is 0.241. The van der Waals surface area contributed by atoms with Crippen molar-refractivity contribution in [2.24, 2.45) is 0 Å². The van der Waals surface area contributed by atoms with Crippen LogP contribution in [0.3, 0.4) is 0 Å². The van der Waals surface area contributed by atoms with E-state index in [1.165, 1.54) is 11.1 Å². The number of hydrogen-bond acceptors (Lipinski definition) is 3. The van der Waals surface area contributed by atoms with Crippen LogP contribution in [0.25, 0.3) is 0 Å². The molecule has 2 unspecified atom stereocenters. The van der Waals surface area contributed by atoms with Gasteiger partial charge in [0.25, 0.3) is 0 Å². The summed E-state index contributed by atoms with van der Waals surface area (Å²) in [5.74, 6) is 0. The van der Waals surface area contributed by atoms with E-state index in [1.54, 1.807) is 0 Å². The third-order valence-electron chi connectivity index (χ3n) is 6.03. The Hall–Kier alpha value is -3.50. The first-order valence-corrected chi connectivity index (χ1v) is 12.1. The van der Waals surface area contributed by atoms with E-state index in [1.807, 2.05) is 42.5 Å². The van der Waals surface area contributed by atoms with E-state index in [9.17, 15) is 5.11 Å². The predicted molar refractivity (Wildman–Crippen MR) is 143 cm³/mol. The standard InChI is InChI=1S/C32H33NO2/c34-23-13-22-31(32(30-20-11-4-12-21-30)35-26-29-18-9-3-10-19-29)33(24-27-14-5-1-6-15-27)25-28-16-7-2-8-17-28/h1-22,31-32,34H,23-26H2/b22-13+. The van der Waals surface area contributed by atoms with Gasteiger partial charge in [-0.2, -0.15) is 0 Å². The molecule has 0 aliphatic rings. The van der Waals surface area contributed by atoms with Crippen molar-refractivity contribution < 1.29 is 9.84 Å². The van der Waals surface area contributed by atoms with Crippen LogP contribution < -0.4 is 0 Å². The number of rotatable bonds is 12. The first-order valence-electron chi connectivity index (χ1n) is 12.1. The van der Waals surface area contributed by atoms with Gasteiger partial charge < -0.3 is 9.84 Å². The first-order chi connectivity index (χ1) is 17.3. The van der Waals surface area contributed by atoms with Gasteiger partial charge in [-0.1, -0.05) is 133 Å². The average Bonchev–Trinajstić information content (AvgIpc) is 2.92. The van der Waals surface area contributed by atoms with E-state index < -0.39 is 0 Å². The molecule has 0 aromatic heterocycles. The molecule has 0 fully saturated rings. The Morgan fingerprint density at radius 1 is 0.629 bits per heavy atom. The van der Waals surface area contributed by atoms with Crippen molar-refractivity contribution in [1.29, 1.82) is 0 Å². The summed E-state index contributed by atoms with van der Waals surface area (Å²) >= 11 is 0. The molecular formula is C32H33NO2. The topological polar surface area (TPSA) is 32.7 Å². The minimum atomic E-state index is -0.216. The fourth-order valence-electron chi connectivity index (χ4n) is 4.31. The van der Waals surface area contributed by atoms with Gasteiger partial charge in [-0.3, -0.25) is 4.90 Å². The van der Waals surface area contributed by atoms with E-state index >= 15 is 0 Å². The van der Waals surface area contributed by atoms with Gasteiger partial charge in [0, 0.05) is 13.1 Å². The molecule has 4 aromatic carbocycles. The molecule has 4 aromatic rings. The Bertz CT molecular complexity index is 1090. The third kappa shape index (κ3) is 7.49. The molecule has 178 valence electrons. The van der Waals surface area contributed by atoms with Crippen LogP contribution in [0.2, 0.25) is 0 Å². The third-order valence-corrected chi connectivity index (χ3v) is 6.03. The van der Waals surface area contributed by atoms with Crippen LogP contribution in [0.5, 0.6) is 0 Å². The second kappa shape index (κ2) is 13.4. The number of hydrogen-bond donors (Lipinski definition) is 1. The molecule has 0 radical (unpaired) electrons. The molecule has 0 aliphatic heterocycles. The van der Waals surface area contributed by atoms with Crippen LogP contribution in [-0.2, 0) is 24.4 Å². The van der Waals surface area contributed by atoms with Crippen LogP contribution in [0.4, 0.5) is 0 Å². The van der Waals surface area contributed by atoms with Gasteiger partial charge in [0.15, 0.2) is 0 Å². The van der Waals surface area contributed by atoms with Gasteiger partial charge >= 0.3 is 0 Å². The van der Waals surface area contributed by atoms with Crippen molar-refractivity contribution in [1.82, 2.24) is 4.90 Å². The van der Waals surface area contributed by atoms with Gasteiger partial charge in [-0.15, -0.1) is 0 Å². The van der Waals surface area contributed by atoms with Gasteiger partial charge in [-0.05, 0) is 22.3 Å². The molecule has 3 nitrogen and oxygen atoms in total. The highest BCUT2D eigenvalue weighted by Gasteiger charge is 2.28. The lowest BCUT2D eigenvalue weighted by atomic mass is 9.98. The lowest BCUT2D eigenvalue weighted by molar-refractivity contribution is -0.0157. The van der Waals surface area contributed by atoms with Crippen molar-refractivity contribution in [3.8, 4) is 0 Å². The largest absolute Gasteiger partial charge is 0.392 e. The number of nitrogens with zero attached hydrogens (tertiary/aromatic N) is 1. The highest BCUT2D eigenvalue weighted by molar-refractivity contribution is 5.24. The minimum Gasteiger partial charge on any atom is -0.392 e. The Kier molecular flexibility index (Phi) is 9.43. The summed E-state index contributed by atoms with van der Waals surface area (Å²) in [6.45, 7) is 2.01. The van der Waals surface area contributed by atoms with Crippen LogP contribution in [0, 0.1) is 0 Å². The van der Waals surface area contributed by atoms with Crippen LogP contribution in [-0.4, -0.2) is 22.7 Å². The molecule has 0 amide bonds. The molecule has 0 spiro atoms. The van der Waals surface area contributed by atoms with Crippen molar-refractivity contribution in [3.63, 3.8) is 0 Å². The number of benzene rings is 4. The van der Waals surface area contributed by atoms with Crippen molar-refractivity contribution >= 4 is 0 Å². The van der Waals surface area contributed by atoms with Gasteiger partial charge in [0.2, 0.25) is 0 Å². The highest BCUT2D eigenvalue weighted by atomic mass is 16.5. The Morgan fingerprint density at radius 3 is 1.57 bits per heavy atom. The highest BCUT2D eigenvalue weighted by Crippen LogP contribution is 2.30.